The van der Waals surface area contributed by atoms with Crippen LogP contribution in [0.15, 0.2) is 49.1 Å². The van der Waals surface area contributed by atoms with E-state index in [4.69, 9.17) is 4.74 Å². The number of aryl methyl sites for hydroxylation is 2. The third-order valence-electron chi connectivity index (χ3n) is 6.32. The Morgan fingerprint density at radius 3 is 2.09 bits per heavy atom. The summed E-state index contributed by atoms with van der Waals surface area (Å²) in [6, 6.07) is 8.31. The maximum atomic E-state index is 5.54. The number of para-hydroxylation sites is 2. The van der Waals surface area contributed by atoms with Crippen molar-refractivity contribution in [3.63, 3.8) is 0 Å². The average molecular weight is 438 g/mol. The number of benzene rings is 1. The molecule has 1 aliphatic rings. The van der Waals surface area contributed by atoms with E-state index in [2.05, 4.69) is 60.0 Å². The molecular formula is C24H35N7O. The first-order valence-electron chi connectivity index (χ1n) is 11.4. The number of methoxy groups -OCH3 is 1. The second-order valence-electron chi connectivity index (χ2n) is 8.47. The first kappa shape index (κ1) is 22.4. The summed E-state index contributed by atoms with van der Waals surface area (Å²) in [5.41, 5.74) is 1.20. The van der Waals surface area contributed by atoms with Crippen LogP contribution in [0.1, 0.15) is 18.1 Å². The van der Waals surface area contributed by atoms with Gasteiger partial charge in [0.05, 0.1) is 25.9 Å². The zero-order valence-corrected chi connectivity index (χ0v) is 19.5. The highest BCUT2D eigenvalue weighted by atomic mass is 16.5. The van der Waals surface area contributed by atoms with Crippen molar-refractivity contribution >= 4 is 5.69 Å². The molecule has 1 fully saturated rings. The molecule has 32 heavy (non-hydrogen) atoms. The summed E-state index contributed by atoms with van der Waals surface area (Å²) >= 11 is 0. The molecule has 8 nitrogen and oxygen atoms in total. The first-order valence-corrected chi connectivity index (χ1v) is 11.4. The van der Waals surface area contributed by atoms with E-state index in [-0.39, 0.29) is 0 Å². The van der Waals surface area contributed by atoms with Gasteiger partial charge < -0.3 is 18.8 Å². The SMILES string of the molecule is COc1ccccc1N1CCN(CCCN(Cc2nccn2C)Cc2nccn2C)CC1. The molecular weight excluding hydrogens is 402 g/mol. The van der Waals surface area contributed by atoms with Crippen LogP contribution in [0.5, 0.6) is 5.75 Å². The van der Waals surface area contributed by atoms with E-state index in [0.29, 0.717) is 0 Å². The maximum absolute atomic E-state index is 5.54. The van der Waals surface area contributed by atoms with Crippen LogP contribution >= 0.6 is 0 Å². The van der Waals surface area contributed by atoms with Crippen molar-refractivity contribution in [1.29, 1.82) is 0 Å². The Hall–Kier alpha value is -2.84. The lowest BCUT2D eigenvalue weighted by Crippen LogP contribution is -2.47. The lowest BCUT2D eigenvalue weighted by molar-refractivity contribution is 0.202. The minimum absolute atomic E-state index is 0.831. The predicted molar refractivity (Wildman–Crippen MR) is 127 cm³/mol. The molecule has 2 aromatic heterocycles. The molecule has 0 radical (unpaired) electrons. The van der Waals surface area contributed by atoms with Crippen molar-refractivity contribution in [2.75, 3.05) is 51.3 Å². The van der Waals surface area contributed by atoms with Gasteiger partial charge in [0.15, 0.2) is 0 Å². The maximum Gasteiger partial charge on any atom is 0.142 e. The smallest absolute Gasteiger partial charge is 0.142 e. The second kappa shape index (κ2) is 10.7. The van der Waals surface area contributed by atoms with Crippen LogP contribution < -0.4 is 9.64 Å². The lowest BCUT2D eigenvalue weighted by atomic mass is 10.2. The molecule has 1 aliphatic heterocycles. The Balaban J connectivity index is 1.28. The summed E-state index contributed by atoms with van der Waals surface area (Å²) in [6.07, 6.45) is 8.89. The summed E-state index contributed by atoms with van der Waals surface area (Å²) in [4.78, 5) is 16.5. The van der Waals surface area contributed by atoms with Crippen molar-refractivity contribution in [1.82, 2.24) is 28.9 Å². The van der Waals surface area contributed by atoms with Gasteiger partial charge in [-0.15, -0.1) is 0 Å². The fourth-order valence-corrected chi connectivity index (χ4v) is 4.33. The number of hydrogen-bond acceptors (Lipinski definition) is 6. The molecule has 4 rings (SSSR count). The molecule has 0 N–H and O–H groups in total. The molecule has 1 aromatic carbocycles. The number of nitrogens with zero attached hydrogens (tertiary/aromatic N) is 7. The Bertz CT molecular complexity index is 932. The highest BCUT2D eigenvalue weighted by Gasteiger charge is 2.20. The van der Waals surface area contributed by atoms with E-state index in [1.807, 2.05) is 36.9 Å². The van der Waals surface area contributed by atoms with E-state index >= 15 is 0 Å². The van der Waals surface area contributed by atoms with Crippen molar-refractivity contribution in [3.8, 4) is 5.75 Å². The van der Waals surface area contributed by atoms with Gasteiger partial charge >= 0.3 is 0 Å². The standard InChI is InChI=1S/C24H35N7O/c1-27-13-9-25-23(27)19-30(20-24-26-10-14-28(24)2)12-6-11-29-15-17-31(18-16-29)21-7-4-5-8-22(21)32-3/h4-5,7-10,13-14H,6,11-12,15-20H2,1-3H3. The molecule has 1 saturated heterocycles. The molecule has 172 valence electrons. The number of ether oxygens (including phenoxy) is 1. The molecule has 3 heterocycles. The quantitative estimate of drug-likeness (QED) is 0.485. The minimum Gasteiger partial charge on any atom is -0.495 e. The van der Waals surface area contributed by atoms with Crippen LogP contribution in [0, 0.1) is 0 Å². The van der Waals surface area contributed by atoms with Gasteiger partial charge in [-0.1, -0.05) is 12.1 Å². The predicted octanol–water partition coefficient (Wildman–Crippen LogP) is 2.38. The lowest BCUT2D eigenvalue weighted by Gasteiger charge is -2.37. The molecule has 0 amide bonds. The fourth-order valence-electron chi connectivity index (χ4n) is 4.33. The molecule has 0 saturated carbocycles. The Kier molecular flexibility index (Phi) is 7.44. The van der Waals surface area contributed by atoms with E-state index in [1.54, 1.807) is 7.11 Å². The number of aromatic nitrogens is 4. The summed E-state index contributed by atoms with van der Waals surface area (Å²) in [5, 5.41) is 0. The Labute approximate surface area is 191 Å². The molecule has 0 unspecified atom stereocenters. The topological polar surface area (TPSA) is 54.6 Å². The van der Waals surface area contributed by atoms with E-state index in [1.165, 1.54) is 5.69 Å². The molecule has 0 aliphatic carbocycles. The normalized spacial score (nSPS) is 14.9. The average Bonchev–Trinajstić information content (AvgIpc) is 3.41. The Morgan fingerprint density at radius 2 is 1.53 bits per heavy atom. The van der Waals surface area contributed by atoms with Gasteiger partial charge in [-0.05, 0) is 25.1 Å². The fraction of sp³-hybridized carbons (Fsp3) is 0.500. The number of rotatable bonds is 10. The van der Waals surface area contributed by atoms with Crippen LogP contribution in [0.4, 0.5) is 5.69 Å². The number of hydrogen-bond donors (Lipinski definition) is 0. The largest absolute Gasteiger partial charge is 0.495 e. The van der Waals surface area contributed by atoms with Crippen LogP contribution in [0.2, 0.25) is 0 Å². The number of anilines is 1. The summed E-state index contributed by atoms with van der Waals surface area (Å²) in [7, 11) is 5.86. The summed E-state index contributed by atoms with van der Waals surface area (Å²) in [6.45, 7) is 8.02. The Morgan fingerprint density at radius 1 is 0.906 bits per heavy atom. The van der Waals surface area contributed by atoms with Crippen LogP contribution in [-0.2, 0) is 27.2 Å². The zero-order valence-electron chi connectivity index (χ0n) is 19.5. The van der Waals surface area contributed by atoms with Crippen LogP contribution in [0.25, 0.3) is 0 Å². The van der Waals surface area contributed by atoms with Gasteiger partial charge in [-0.2, -0.15) is 0 Å². The summed E-state index contributed by atoms with van der Waals surface area (Å²) in [5.74, 6) is 3.13. The van der Waals surface area contributed by atoms with Gasteiger partial charge in [-0.3, -0.25) is 9.80 Å². The van der Waals surface area contributed by atoms with Crippen molar-refractivity contribution < 1.29 is 4.74 Å². The number of imidazole rings is 2. The third-order valence-corrected chi connectivity index (χ3v) is 6.32. The molecule has 0 atom stereocenters. The third kappa shape index (κ3) is 5.49. The molecule has 8 heteroatoms. The van der Waals surface area contributed by atoms with E-state index in [9.17, 15) is 0 Å². The van der Waals surface area contributed by atoms with Gasteiger partial charge in [0, 0.05) is 71.6 Å². The molecule has 0 spiro atoms. The van der Waals surface area contributed by atoms with Crippen LogP contribution in [0.3, 0.4) is 0 Å². The second-order valence-corrected chi connectivity index (χ2v) is 8.47. The summed E-state index contributed by atoms with van der Waals surface area (Å²) < 4.78 is 9.74. The van der Waals surface area contributed by atoms with Gasteiger partial charge in [0.2, 0.25) is 0 Å². The van der Waals surface area contributed by atoms with E-state index < -0.39 is 0 Å². The van der Waals surface area contributed by atoms with Crippen LogP contribution in [-0.4, -0.2) is 75.3 Å². The van der Waals surface area contributed by atoms with Gasteiger partial charge in [-0.25, -0.2) is 9.97 Å². The van der Waals surface area contributed by atoms with Crippen molar-refractivity contribution in [2.24, 2.45) is 14.1 Å². The minimum atomic E-state index is 0.831. The molecule has 0 bridgehead atoms. The van der Waals surface area contributed by atoms with Gasteiger partial charge in [0.1, 0.15) is 17.4 Å². The van der Waals surface area contributed by atoms with Gasteiger partial charge in [0.25, 0.3) is 0 Å². The monoisotopic (exact) mass is 437 g/mol. The highest BCUT2D eigenvalue weighted by Crippen LogP contribution is 2.28. The first-order chi connectivity index (χ1) is 15.6. The van der Waals surface area contributed by atoms with Crippen molar-refractivity contribution in [3.05, 3.63) is 60.7 Å². The number of piperazine rings is 1. The van der Waals surface area contributed by atoms with E-state index in [0.717, 1.165) is 76.2 Å². The highest BCUT2D eigenvalue weighted by molar-refractivity contribution is 5.58. The zero-order chi connectivity index (χ0) is 22.3. The van der Waals surface area contributed by atoms with Crippen molar-refractivity contribution in [2.45, 2.75) is 19.5 Å². The molecule has 3 aromatic rings.